The van der Waals surface area contributed by atoms with Crippen molar-refractivity contribution in [2.24, 2.45) is 0 Å². The lowest BCUT2D eigenvalue weighted by Gasteiger charge is -2.07. The number of fused-ring (bicyclic) bond motifs is 1. The Morgan fingerprint density at radius 3 is 2.38 bits per heavy atom. The molecule has 2 aromatic carbocycles. The molecule has 2 nitrogen and oxygen atoms in total. The highest BCUT2D eigenvalue weighted by Crippen LogP contribution is 2.25. The second-order valence-electron chi connectivity index (χ2n) is 6.40. The fourth-order valence-electron chi connectivity index (χ4n) is 2.93. The van der Waals surface area contributed by atoms with Crippen molar-refractivity contribution in [3.63, 3.8) is 0 Å². The van der Waals surface area contributed by atoms with Crippen LogP contribution in [0.5, 0.6) is 0 Å². The Labute approximate surface area is 157 Å². The number of benzene rings is 2. The highest BCUT2D eigenvalue weighted by Gasteiger charge is 2.10. The maximum atomic E-state index is 12.4. The first-order valence-electron chi connectivity index (χ1n) is 8.98. The lowest BCUT2D eigenvalue weighted by Crippen LogP contribution is -2.06. The predicted octanol–water partition coefficient (Wildman–Crippen LogP) is 5.73. The maximum Gasteiger partial charge on any atom is 0.196 e. The number of hydrogen-bond donors (Lipinski definition) is 0. The maximum absolute atomic E-state index is 12.4. The topological polar surface area (TPSA) is 30.2 Å². The summed E-state index contributed by atoms with van der Waals surface area (Å²) in [6.45, 7) is 1.53. The molecule has 3 rings (SSSR count). The molecule has 0 N–H and O–H groups in total. The van der Waals surface area contributed by atoms with Crippen LogP contribution in [0.2, 0.25) is 0 Å². The van der Waals surface area contributed by atoms with E-state index in [4.69, 9.17) is 4.42 Å². The van der Waals surface area contributed by atoms with E-state index in [-0.39, 0.29) is 12.1 Å². The number of para-hydroxylation sites is 1. The molecule has 0 atom stereocenters. The van der Waals surface area contributed by atoms with Crippen LogP contribution in [0.25, 0.3) is 11.0 Å². The largest absolute Gasteiger partial charge is 0.449 e. The van der Waals surface area contributed by atoms with Gasteiger partial charge in [-0.15, -0.1) is 0 Å². The molecule has 0 radical (unpaired) electrons. The molecule has 0 aliphatic carbocycles. The summed E-state index contributed by atoms with van der Waals surface area (Å²) in [7, 11) is 0. The fourth-order valence-corrected chi connectivity index (χ4v) is 3.92. The Kier molecular flexibility index (Phi) is 6.51. The highest BCUT2D eigenvalue weighted by molar-refractivity contribution is 7.99. The Morgan fingerprint density at radius 2 is 1.65 bits per heavy atom. The van der Waals surface area contributed by atoms with E-state index < -0.39 is 0 Å². The van der Waals surface area contributed by atoms with E-state index in [9.17, 15) is 9.18 Å². The van der Waals surface area contributed by atoms with E-state index in [0.29, 0.717) is 23.0 Å². The third kappa shape index (κ3) is 4.55. The van der Waals surface area contributed by atoms with Gasteiger partial charge in [-0.1, -0.05) is 48.2 Å². The summed E-state index contributed by atoms with van der Waals surface area (Å²) in [5.41, 5.74) is 3.73. The van der Waals surface area contributed by atoms with Crippen molar-refractivity contribution in [2.75, 3.05) is 12.4 Å². The number of alkyl halides is 1. The minimum Gasteiger partial charge on any atom is -0.449 e. The molecular formula is C22H23FO2S. The van der Waals surface area contributed by atoms with Crippen molar-refractivity contribution in [3.05, 3.63) is 75.4 Å². The molecule has 4 heteroatoms. The number of rotatable bonds is 8. The van der Waals surface area contributed by atoms with Crippen molar-refractivity contribution in [3.8, 4) is 0 Å². The molecule has 0 unspecified atom stereocenters. The zero-order valence-electron chi connectivity index (χ0n) is 15.0. The number of unbranched alkanes of at least 4 members (excludes halogenated alkanes) is 1. The molecule has 0 aliphatic rings. The smallest absolute Gasteiger partial charge is 0.196 e. The summed E-state index contributed by atoms with van der Waals surface area (Å²) in [6, 6.07) is 15.6. The Balaban J connectivity index is 1.51. The van der Waals surface area contributed by atoms with Crippen molar-refractivity contribution in [1.29, 1.82) is 0 Å². The van der Waals surface area contributed by atoms with Crippen LogP contribution in [0.15, 0.2) is 62.8 Å². The molecule has 0 amide bonds. The first kappa shape index (κ1) is 18.7. The zero-order chi connectivity index (χ0) is 18.4. The molecule has 0 fully saturated rings. The molecule has 1 aromatic heterocycles. The van der Waals surface area contributed by atoms with Gasteiger partial charge in [0, 0.05) is 17.7 Å². The molecule has 26 heavy (non-hydrogen) atoms. The van der Waals surface area contributed by atoms with E-state index in [1.807, 2.05) is 43.3 Å². The van der Waals surface area contributed by atoms with Gasteiger partial charge in [-0.2, -0.15) is 0 Å². The Morgan fingerprint density at radius 1 is 0.962 bits per heavy atom. The van der Waals surface area contributed by atoms with Crippen LogP contribution in [-0.4, -0.2) is 12.4 Å². The number of aryl methyl sites for hydroxylation is 2. The lowest BCUT2D eigenvalue weighted by atomic mass is 10.1. The van der Waals surface area contributed by atoms with Crippen molar-refractivity contribution in [1.82, 2.24) is 0 Å². The number of thioether (sulfide) groups is 1. The van der Waals surface area contributed by atoms with E-state index >= 15 is 0 Å². The number of hydrogen-bond acceptors (Lipinski definition) is 3. The SMILES string of the molecule is Cc1c(SCCCCc2ccc(CCF)cc2)oc2ccccc2c1=O. The molecule has 136 valence electrons. The Bertz CT molecular complexity index is 916. The number of halogens is 1. The van der Waals surface area contributed by atoms with Gasteiger partial charge in [-0.25, -0.2) is 0 Å². The van der Waals surface area contributed by atoms with Gasteiger partial charge in [0.1, 0.15) is 5.58 Å². The van der Waals surface area contributed by atoms with E-state index in [1.165, 1.54) is 5.56 Å². The molecule has 3 aromatic rings. The molecule has 1 heterocycles. The first-order chi connectivity index (χ1) is 12.7. The van der Waals surface area contributed by atoms with Crippen LogP contribution in [0.3, 0.4) is 0 Å². The predicted molar refractivity (Wildman–Crippen MR) is 107 cm³/mol. The third-order valence-corrected chi connectivity index (χ3v) is 5.62. The van der Waals surface area contributed by atoms with Crippen LogP contribution in [0.1, 0.15) is 29.5 Å². The van der Waals surface area contributed by atoms with Gasteiger partial charge >= 0.3 is 0 Å². The summed E-state index contributed by atoms with van der Waals surface area (Å²) < 4.78 is 18.2. The van der Waals surface area contributed by atoms with Crippen molar-refractivity contribution >= 4 is 22.7 Å². The van der Waals surface area contributed by atoms with Gasteiger partial charge in [0.2, 0.25) is 0 Å². The molecule has 0 saturated heterocycles. The minimum atomic E-state index is -0.305. The quantitative estimate of drug-likeness (QED) is 0.375. The average molecular weight is 370 g/mol. The minimum absolute atomic E-state index is 0.0581. The average Bonchev–Trinajstić information content (AvgIpc) is 2.67. The van der Waals surface area contributed by atoms with E-state index in [1.54, 1.807) is 11.8 Å². The van der Waals surface area contributed by atoms with Gasteiger partial charge in [0.25, 0.3) is 0 Å². The Hall–Kier alpha value is -2.07. The van der Waals surface area contributed by atoms with Gasteiger partial charge in [0.05, 0.1) is 12.1 Å². The van der Waals surface area contributed by atoms with Gasteiger partial charge < -0.3 is 4.42 Å². The van der Waals surface area contributed by atoms with Gasteiger partial charge in [-0.3, -0.25) is 9.18 Å². The summed E-state index contributed by atoms with van der Waals surface area (Å²) in [4.78, 5) is 12.4. The van der Waals surface area contributed by atoms with Crippen molar-refractivity contribution < 1.29 is 8.81 Å². The van der Waals surface area contributed by atoms with Crippen LogP contribution >= 0.6 is 11.8 Å². The standard InChI is InChI=1S/C22H23FO2S/c1-16-21(24)19-7-2-3-8-20(19)25-22(16)26-15-5-4-6-17-9-11-18(12-10-17)13-14-23/h2-3,7-12H,4-6,13-15H2,1H3. The zero-order valence-corrected chi connectivity index (χ0v) is 15.8. The second kappa shape index (κ2) is 9.04. The summed E-state index contributed by atoms with van der Waals surface area (Å²) in [5.74, 6) is 0.919. The van der Waals surface area contributed by atoms with Crippen molar-refractivity contribution in [2.45, 2.75) is 37.7 Å². The normalized spacial score (nSPS) is 11.2. The summed E-state index contributed by atoms with van der Waals surface area (Å²) >= 11 is 1.61. The highest BCUT2D eigenvalue weighted by atomic mass is 32.2. The summed E-state index contributed by atoms with van der Waals surface area (Å²) in [5, 5.41) is 1.37. The third-order valence-electron chi connectivity index (χ3n) is 4.48. The van der Waals surface area contributed by atoms with Crippen LogP contribution < -0.4 is 5.43 Å². The fraction of sp³-hybridized carbons (Fsp3) is 0.318. The van der Waals surface area contributed by atoms with E-state index in [0.717, 1.165) is 35.7 Å². The monoisotopic (exact) mass is 370 g/mol. The lowest BCUT2D eigenvalue weighted by molar-refractivity contribution is 0.492. The van der Waals surface area contributed by atoms with Crippen LogP contribution in [-0.2, 0) is 12.8 Å². The van der Waals surface area contributed by atoms with Gasteiger partial charge in [0.15, 0.2) is 10.5 Å². The molecule has 0 saturated carbocycles. The van der Waals surface area contributed by atoms with E-state index in [2.05, 4.69) is 12.1 Å². The second-order valence-corrected chi connectivity index (χ2v) is 7.47. The van der Waals surface area contributed by atoms with Gasteiger partial charge in [-0.05, 0) is 49.4 Å². The molecule has 0 spiro atoms. The molecular weight excluding hydrogens is 347 g/mol. The molecule has 0 bridgehead atoms. The molecule has 0 aliphatic heterocycles. The first-order valence-corrected chi connectivity index (χ1v) is 9.96. The van der Waals surface area contributed by atoms with Crippen LogP contribution in [0.4, 0.5) is 4.39 Å². The van der Waals surface area contributed by atoms with Crippen LogP contribution in [0, 0.1) is 6.92 Å². The summed E-state index contributed by atoms with van der Waals surface area (Å²) in [6.07, 6.45) is 3.63.